The van der Waals surface area contributed by atoms with Gasteiger partial charge in [0.15, 0.2) is 5.82 Å². The Morgan fingerprint density at radius 2 is 1.92 bits per heavy atom. The molecule has 0 atom stereocenters. The zero-order chi connectivity index (χ0) is 18.3. The summed E-state index contributed by atoms with van der Waals surface area (Å²) in [6, 6.07) is 8.05. The van der Waals surface area contributed by atoms with Gasteiger partial charge in [-0.15, -0.1) is 15.3 Å². The molecule has 8 nitrogen and oxygen atoms in total. The van der Waals surface area contributed by atoms with Crippen LogP contribution in [0.4, 0.5) is 0 Å². The lowest BCUT2D eigenvalue weighted by atomic mass is 10.2. The molecule has 1 aliphatic heterocycles. The lowest BCUT2D eigenvalue weighted by Gasteiger charge is -2.28. The molecule has 0 spiro atoms. The smallest absolute Gasteiger partial charge is 0.299 e. The summed E-state index contributed by atoms with van der Waals surface area (Å²) in [5.41, 5.74) is 1.40. The molecular formula is C18H22N6O2. The van der Waals surface area contributed by atoms with Gasteiger partial charge >= 0.3 is 0 Å². The highest BCUT2D eigenvalue weighted by molar-refractivity contribution is 5.34. The summed E-state index contributed by atoms with van der Waals surface area (Å²) in [5.74, 6) is 2.47. The van der Waals surface area contributed by atoms with E-state index in [-0.39, 0.29) is 11.5 Å². The molecule has 136 valence electrons. The number of hydrogen-bond donors (Lipinski definition) is 0. The molecule has 0 saturated heterocycles. The van der Waals surface area contributed by atoms with Gasteiger partial charge in [0.25, 0.3) is 5.56 Å². The van der Waals surface area contributed by atoms with Gasteiger partial charge in [-0.05, 0) is 17.7 Å². The number of benzene rings is 1. The van der Waals surface area contributed by atoms with Crippen LogP contribution in [0.3, 0.4) is 0 Å². The van der Waals surface area contributed by atoms with Crippen LogP contribution >= 0.6 is 0 Å². The Bertz CT molecular complexity index is 989. The fraction of sp³-hybridized carbons (Fsp3) is 0.444. The van der Waals surface area contributed by atoms with Crippen LogP contribution in [0, 0.1) is 0 Å². The molecule has 0 radical (unpaired) electrons. The molecule has 0 bridgehead atoms. The third-order valence-corrected chi connectivity index (χ3v) is 4.71. The average Bonchev–Trinajstić information content (AvgIpc) is 3.07. The fourth-order valence-corrected chi connectivity index (χ4v) is 3.28. The van der Waals surface area contributed by atoms with Gasteiger partial charge in [-0.3, -0.25) is 14.3 Å². The SMILES string of the molecule is COc1ccc(CN2CCn3c(nn4c(C(C)C)nnc4c3=O)C2)cc1. The number of methoxy groups -OCH3 is 1. The fourth-order valence-electron chi connectivity index (χ4n) is 3.28. The monoisotopic (exact) mass is 354 g/mol. The first-order valence-corrected chi connectivity index (χ1v) is 8.77. The minimum atomic E-state index is -0.113. The first-order valence-electron chi connectivity index (χ1n) is 8.77. The predicted octanol–water partition coefficient (Wildman–Crippen LogP) is 1.43. The number of fused-ring (bicyclic) bond motifs is 2. The second kappa shape index (κ2) is 6.53. The molecular weight excluding hydrogens is 332 g/mol. The van der Waals surface area contributed by atoms with Gasteiger partial charge < -0.3 is 4.74 Å². The molecule has 8 heteroatoms. The van der Waals surface area contributed by atoms with Gasteiger partial charge in [-0.25, -0.2) is 0 Å². The van der Waals surface area contributed by atoms with Crippen LogP contribution in [-0.4, -0.2) is 42.9 Å². The van der Waals surface area contributed by atoms with Crippen LogP contribution in [-0.2, 0) is 19.6 Å². The molecule has 0 aliphatic carbocycles. The van der Waals surface area contributed by atoms with Crippen molar-refractivity contribution in [3.8, 4) is 5.75 Å². The second-order valence-corrected chi connectivity index (χ2v) is 6.88. The van der Waals surface area contributed by atoms with Gasteiger partial charge in [-0.2, -0.15) is 4.52 Å². The number of nitrogens with zero attached hydrogens (tertiary/aromatic N) is 6. The average molecular weight is 354 g/mol. The number of ether oxygens (including phenoxy) is 1. The molecule has 2 aromatic heterocycles. The third-order valence-electron chi connectivity index (χ3n) is 4.71. The van der Waals surface area contributed by atoms with E-state index in [0.717, 1.165) is 24.7 Å². The first kappa shape index (κ1) is 16.7. The van der Waals surface area contributed by atoms with Crippen LogP contribution in [0.25, 0.3) is 5.65 Å². The second-order valence-electron chi connectivity index (χ2n) is 6.88. The molecule has 4 rings (SSSR count). The summed E-state index contributed by atoms with van der Waals surface area (Å²) in [6.07, 6.45) is 0. The van der Waals surface area contributed by atoms with Crippen molar-refractivity contribution < 1.29 is 4.74 Å². The van der Waals surface area contributed by atoms with Crippen LogP contribution < -0.4 is 10.3 Å². The van der Waals surface area contributed by atoms with Gasteiger partial charge in [0.05, 0.1) is 13.7 Å². The molecule has 3 heterocycles. The summed E-state index contributed by atoms with van der Waals surface area (Å²) in [4.78, 5) is 15.0. The van der Waals surface area contributed by atoms with Crippen LogP contribution in [0.2, 0.25) is 0 Å². The summed E-state index contributed by atoms with van der Waals surface area (Å²) in [5, 5.41) is 12.9. The Balaban J connectivity index is 1.63. The van der Waals surface area contributed by atoms with E-state index >= 15 is 0 Å². The van der Waals surface area contributed by atoms with Gasteiger partial charge in [0.2, 0.25) is 5.65 Å². The van der Waals surface area contributed by atoms with E-state index in [9.17, 15) is 4.79 Å². The molecule has 0 N–H and O–H groups in total. The summed E-state index contributed by atoms with van der Waals surface area (Å²) >= 11 is 0. The molecule has 0 amide bonds. The van der Waals surface area contributed by atoms with Crippen molar-refractivity contribution in [3.63, 3.8) is 0 Å². The predicted molar refractivity (Wildman–Crippen MR) is 96.2 cm³/mol. The van der Waals surface area contributed by atoms with E-state index in [1.54, 1.807) is 16.2 Å². The highest BCUT2D eigenvalue weighted by Crippen LogP contribution is 2.17. The minimum absolute atomic E-state index is 0.113. The van der Waals surface area contributed by atoms with Gasteiger partial charge in [0.1, 0.15) is 11.6 Å². The van der Waals surface area contributed by atoms with E-state index in [1.807, 2.05) is 26.0 Å². The zero-order valence-corrected chi connectivity index (χ0v) is 15.2. The molecule has 1 aliphatic rings. The molecule has 1 aromatic carbocycles. The van der Waals surface area contributed by atoms with Crippen LogP contribution in [0.15, 0.2) is 29.1 Å². The maximum absolute atomic E-state index is 12.7. The van der Waals surface area contributed by atoms with Crippen molar-refractivity contribution in [2.24, 2.45) is 0 Å². The lowest BCUT2D eigenvalue weighted by molar-refractivity contribution is 0.201. The quantitative estimate of drug-likeness (QED) is 0.705. The van der Waals surface area contributed by atoms with E-state index in [2.05, 4.69) is 32.3 Å². The number of rotatable bonds is 4. The maximum Gasteiger partial charge on any atom is 0.299 e. The Kier molecular flexibility index (Phi) is 4.20. The molecule has 0 fully saturated rings. The van der Waals surface area contributed by atoms with E-state index in [1.165, 1.54) is 5.56 Å². The maximum atomic E-state index is 12.7. The topological polar surface area (TPSA) is 77.6 Å². The van der Waals surface area contributed by atoms with Crippen molar-refractivity contribution >= 4 is 5.65 Å². The Hall–Kier alpha value is -2.74. The Morgan fingerprint density at radius 1 is 1.15 bits per heavy atom. The Morgan fingerprint density at radius 3 is 2.62 bits per heavy atom. The van der Waals surface area contributed by atoms with E-state index < -0.39 is 0 Å². The van der Waals surface area contributed by atoms with Crippen molar-refractivity contribution in [2.45, 2.75) is 39.4 Å². The lowest BCUT2D eigenvalue weighted by Crippen LogP contribution is -2.40. The molecule has 0 saturated carbocycles. The first-order chi connectivity index (χ1) is 12.6. The summed E-state index contributed by atoms with van der Waals surface area (Å²) in [6.45, 7) is 6.86. The molecule has 0 unspecified atom stereocenters. The van der Waals surface area contributed by atoms with Crippen LogP contribution in [0.1, 0.15) is 37.0 Å². The number of hydrogen-bond acceptors (Lipinski definition) is 6. The van der Waals surface area contributed by atoms with Crippen LogP contribution in [0.5, 0.6) is 5.75 Å². The van der Waals surface area contributed by atoms with Crippen molar-refractivity contribution in [1.29, 1.82) is 0 Å². The van der Waals surface area contributed by atoms with Crippen molar-refractivity contribution in [3.05, 3.63) is 51.8 Å². The number of aromatic nitrogens is 5. The zero-order valence-electron chi connectivity index (χ0n) is 15.2. The van der Waals surface area contributed by atoms with E-state index in [4.69, 9.17) is 4.74 Å². The highest BCUT2D eigenvalue weighted by Gasteiger charge is 2.23. The normalized spacial score (nSPS) is 14.8. The standard InChI is InChI=1S/C18H22N6O2/c1-12(2)16-19-20-17-18(25)23-9-8-22(11-15(23)21-24(16)17)10-13-4-6-14(26-3)7-5-13/h4-7,12H,8-11H2,1-3H3. The minimum Gasteiger partial charge on any atom is -0.497 e. The largest absolute Gasteiger partial charge is 0.497 e. The third kappa shape index (κ3) is 2.86. The summed E-state index contributed by atoms with van der Waals surface area (Å²) < 4.78 is 8.53. The van der Waals surface area contributed by atoms with Crippen molar-refractivity contribution in [2.75, 3.05) is 13.7 Å². The Labute approximate surface area is 151 Å². The van der Waals surface area contributed by atoms with Crippen molar-refractivity contribution in [1.82, 2.24) is 29.3 Å². The van der Waals surface area contributed by atoms with Gasteiger partial charge in [0, 0.05) is 25.6 Å². The molecule has 26 heavy (non-hydrogen) atoms. The molecule has 3 aromatic rings. The highest BCUT2D eigenvalue weighted by atomic mass is 16.5. The van der Waals surface area contributed by atoms with E-state index in [0.29, 0.717) is 24.6 Å². The summed E-state index contributed by atoms with van der Waals surface area (Å²) in [7, 11) is 1.66. The van der Waals surface area contributed by atoms with Gasteiger partial charge in [-0.1, -0.05) is 26.0 Å².